The molecule has 2 aromatic carbocycles. The van der Waals surface area contributed by atoms with Crippen LogP contribution in [0.1, 0.15) is 16.7 Å². The van der Waals surface area contributed by atoms with Crippen LogP contribution >= 0.6 is 0 Å². The predicted molar refractivity (Wildman–Crippen MR) is 78.0 cm³/mol. The molecule has 0 aliphatic heterocycles. The summed E-state index contributed by atoms with van der Waals surface area (Å²) in [5.74, 6) is -2.93. The van der Waals surface area contributed by atoms with Gasteiger partial charge in [-0.15, -0.1) is 6.42 Å². The Labute approximate surface area is 138 Å². The van der Waals surface area contributed by atoms with Gasteiger partial charge in [-0.1, -0.05) is 18.1 Å². The number of terminal acetylenes is 1. The second-order valence-corrected chi connectivity index (χ2v) is 4.96. The van der Waals surface area contributed by atoms with Crippen molar-refractivity contribution in [3.63, 3.8) is 0 Å². The standard InChI is InChI=1S/C17H9F6NO/c1-2-11-13(18)7-10(8-14(11)19)24-15(25)6-9-4-3-5-12(16(9)20)17(21,22)23/h1,3-5,7-8H,6H2,(H,24,25). The molecule has 0 aromatic heterocycles. The zero-order valence-electron chi connectivity index (χ0n) is 12.3. The SMILES string of the molecule is C#Cc1c(F)cc(NC(=O)Cc2cccc(C(F)(F)F)c2F)cc1F. The zero-order chi connectivity index (χ0) is 18.8. The number of carbonyl (C=O) groups is 1. The highest BCUT2D eigenvalue weighted by molar-refractivity contribution is 5.92. The molecule has 0 aliphatic rings. The topological polar surface area (TPSA) is 29.1 Å². The summed E-state index contributed by atoms with van der Waals surface area (Å²) in [6.45, 7) is 0. The lowest BCUT2D eigenvalue weighted by molar-refractivity contribution is -0.140. The van der Waals surface area contributed by atoms with Crippen LogP contribution in [0.4, 0.5) is 32.0 Å². The van der Waals surface area contributed by atoms with Crippen molar-refractivity contribution in [2.45, 2.75) is 12.6 Å². The second kappa shape index (κ2) is 6.89. The first kappa shape index (κ1) is 18.4. The first-order valence-electron chi connectivity index (χ1n) is 6.73. The molecule has 0 spiro atoms. The zero-order valence-corrected chi connectivity index (χ0v) is 12.3. The van der Waals surface area contributed by atoms with Gasteiger partial charge in [0.05, 0.1) is 17.5 Å². The minimum absolute atomic E-state index is 0.300. The van der Waals surface area contributed by atoms with Crippen LogP contribution < -0.4 is 5.32 Å². The average molecular weight is 357 g/mol. The molecule has 0 saturated carbocycles. The Kier molecular flexibility index (Phi) is 5.07. The van der Waals surface area contributed by atoms with E-state index in [9.17, 15) is 31.1 Å². The fourth-order valence-electron chi connectivity index (χ4n) is 2.10. The molecule has 0 radical (unpaired) electrons. The molecule has 1 amide bonds. The summed E-state index contributed by atoms with van der Waals surface area (Å²) in [5, 5.41) is 2.07. The van der Waals surface area contributed by atoms with E-state index in [2.05, 4.69) is 5.32 Å². The lowest BCUT2D eigenvalue weighted by Crippen LogP contribution is -2.17. The molecule has 0 atom stereocenters. The molecule has 0 heterocycles. The molecule has 2 aromatic rings. The Morgan fingerprint density at radius 2 is 1.72 bits per heavy atom. The summed E-state index contributed by atoms with van der Waals surface area (Å²) in [6.07, 6.45) is -0.743. The molecule has 1 N–H and O–H groups in total. The number of anilines is 1. The molecule has 0 saturated heterocycles. The van der Waals surface area contributed by atoms with E-state index in [1.165, 1.54) is 0 Å². The van der Waals surface area contributed by atoms with Crippen LogP contribution in [0.25, 0.3) is 0 Å². The van der Waals surface area contributed by atoms with Gasteiger partial charge in [0, 0.05) is 5.69 Å². The Morgan fingerprint density at radius 1 is 1.12 bits per heavy atom. The smallest absolute Gasteiger partial charge is 0.326 e. The lowest BCUT2D eigenvalue weighted by atomic mass is 10.1. The Bertz CT molecular complexity index is 843. The normalized spacial score (nSPS) is 11.1. The lowest BCUT2D eigenvalue weighted by Gasteiger charge is -2.11. The molecule has 130 valence electrons. The van der Waals surface area contributed by atoms with Gasteiger partial charge in [-0.3, -0.25) is 4.79 Å². The minimum atomic E-state index is -4.91. The fraction of sp³-hybridized carbons (Fsp3) is 0.118. The van der Waals surface area contributed by atoms with Crippen LogP contribution in [0.2, 0.25) is 0 Å². The van der Waals surface area contributed by atoms with Crippen molar-refractivity contribution in [1.29, 1.82) is 0 Å². The number of benzene rings is 2. The molecular weight excluding hydrogens is 348 g/mol. The number of halogens is 6. The van der Waals surface area contributed by atoms with Crippen molar-refractivity contribution in [2.75, 3.05) is 5.32 Å². The molecule has 0 aliphatic carbocycles. The van der Waals surface area contributed by atoms with E-state index in [0.29, 0.717) is 6.07 Å². The number of alkyl halides is 3. The van der Waals surface area contributed by atoms with Gasteiger partial charge in [0.1, 0.15) is 17.5 Å². The van der Waals surface area contributed by atoms with Crippen LogP contribution in [-0.2, 0) is 17.4 Å². The molecule has 2 rings (SSSR count). The van der Waals surface area contributed by atoms with Gasteiger partial charge in [-0.05, 0) is 23.8 Å². The highest BCUT2D eigenvalue weighted by Gasteiger charge is 2.34. The third-order valence-corrected chi connectivity index (χ3v) is 3.21. The number of nitrogens with one attached hydrogen (secondary N) is 1. The number of carbonyl (C=O) groups excluding carboxylic acids is 1. The maximum atomic E-state index is 13.9. The van der Waals surface area contributed by atoms with Crippen molar-refractivity contribution >= 4 is 11.6 Å². The minimum Gasteiger partial charge on any atom is -0.326 e. The third kappa shape index (κ3) is 4.12. The maximum Gasteiger partial charge on any atom is 0.419 e. The predicted octanol–water partition coefficient (Wildman–Crippen LogP) is 4.29. The highest BCUT2D eigenvalue weighted by Crippen LogP contribution is 2.32. The van der Waals surface area contributed by atoms with Gasteiger partial charge in [-0.25, -0.2) is 13.2 Å². The fourth-order valence-corrected chi connectivity index (χ4v) is 2.10. The van der Waals surface area contributed by atoms with Crippen molar-refractivity contribution in [1.82, 2.24) is 0 Å². The van der Waals surface area contributed by atoms with Crippen LogP contribution in [-0.4, -0.2) is 5.91 Å². The number of amides is 1. The van der Waals surface area contributed by atoms with Crippen LogP contribution in [0.15, 0.2) is 30.3 Å². The van der Waals surface area contributed by atoms with Crippen molar-refractivity contribution < 1.29 is 31.1 Å². The van der Waals surface area contributed by atoms with E-state index in [4.69, 9.17) is 6.42 Å². The second-order valence-electron chi connectivity index (χ2n) is 4.96. The molecule has 25 heavy (non-hydrogen) atoms. The molecular formula is C17H9F6NO. The molecule has 0 bridgehead atoms. The maximum absolute atomic E-state index is 13.9. The van der Waals surface area contributed by atoms with E-state index in [-0.39, 0.29) is 5.69 Å². The third-order valence-electron chi connectivity index (χ3n) is 3.21. The first-order valence-corrected chi connectivity index (χ1v) is 6.73. The highest BCUT2D eigenvalue weighted by atomic mass is 19.4. The number of hydrogen-bond donors (Lipinski definition) is 1. The van der Waals surface area contributed by atoms with Crippen molar-refractivity contribution in [3.05, 3.63) is 64.5 Å². The van der Waals surface area contributed by atoms with Gasteiger partial charge < -0.3 is 5.32 Å². The monoisotopic (exact) mass is 357 g/mol. The van der Waals surface area contributed by atoms with Crippen LogP contribution in [0.5, 0.6) is 0 Å². The van der Waals surface area contributed by atoms with E-state index in [0.717, 1.165) is 24.3 Å². The van der Waals surface area contributed by atoms with Crippen molar-refractivity contribution in [3.8, 4) is 12.3 Å². The van der Waals surface area contributed by atoms with E-state index in [1.807, 2.05) is 0 Å². The molecule has 0 fully saturated rings. The largest absolute Gasteiger partial charge is 0.419 e. The van der Waals surface area contributed by atoms with Gasteiger partial charge >= 0.3 is 6.18 Å². The molecule has 8 heteroatoms. The number of rotatable bonds is 3. The van der Waals surface area contributed by atoms with Gasteiger partial charge in [0.2, 0.25) is 5.91 Å². The Morgan fingerprint density at radius 3 is 2.24 bits per heavy atom. The van der Waals surface area contributed by atoms with E-state index < -0.39 is 52.6 Å². The van der Waals surface area contributed by atoms with Crippen LogP contribution in [0, 0.1) is 29.8 Å². The number of hydrogen-bond acceptors (Lipinski definition) is 1. The van der Waals surface area contributed by atoms with Gasteiger partial charge in [0.15, 0.2) is 0 Å². The summed E-state index contributed by atoms with van der Waals surface area (Å²) in [5.41, 5.74) is -2.94. The first-order chi connectivity index (χ1) is 11.6. The van der Waals surface area contributed by atoms with Gasteiger partial charge in [-0.2, -0.15) is 13.2 Å². The molecule has 2 nitrogen and oxygen atoms in total. The van der Waals surface area contributed by atoms with Gasteiger partial charge in [0.25, 0.3) is 0 Å². The quantitative estimate of drug-likeness (QED) is 0.645. The van der Waals surface area contributed by atoms with Crippen LogP contribution in [0.3, 0.4) is 0 Å². The van der Waals surface area contributed by atoms with E-state index >= 15 is 0 Å². The van der Waals surface area contributed by atoms with Crippen molar-refractivity contribution in [2.24, 2.45) is 0 Å². The summed E-state index contributed by atoms with van der Waals surface area (Å²) in [4.78, 5) is 11.8. The Balaban J connectivity index is 2.21. The summed E-state index contributed by atoms with van der Waals surface area (Å²) in [7, 11) is 0. The summed E-state index contributed by atoms with van der Waals surface area (Å²) >= 11 is 0. The summed E-state index contributed by atoms with van der Waals surface area (Å²) < 4.78 is 78.8. The molecule has 0 unspecified atom stereocenters. The van der Waals surface area contributed by atoms with E-state index in [1.54, 1.807) is 5.92 Å². The Hall–Kier alpha value is -2.95. The summed E-state index contributed by atoms with van der Waals surface area (Å²) in [6, 6.07) is 4.00. The average Bonchev–Trinajstić information content (AvgIpc) is 2.47.